The molecule has 0 atom stereocenters. The predicted molar refractivity (Wildman–Crippen MR) is 123 cm³/mol. The van der Waals surface area contributed by atoms with Crippen LogP contribution in [0.2, 0.25) is 5.02 Å². The van der Waals surface area contributed by atoms with Gasteiger partial charge in [-0.25, -0.2) is 0 Å². The Morgan fingerprint density at radius 1 is 1.09 bits per heavy atom. The lowest BCUT2D eigenvalue weighted by Gasteiger charge is -2.23. The van der Waals surface area contributed by atoms with Crippen molar-refractivity contribution in [3.8, 4) is 11.5 Å². The van der Waals surface area contributed by atoms with Crippen LogP contribution in [-0.2, 0) is 9.63 Å². The predicted octanol–water partition coefficient (Wildman–Crippen LogP) is 4.87. The number of amides is 1. The molecule has 4 rings (SSSR count). The fourth-order valence-corrected chi connectivity index (χ4v) is 3.45. The van der Waals surface area contributed by atoms with Crippen molar-refractivity contribution in [2.45, 2.75) is 20.8 Å². The summed E-state index contributed by atoms with van der Waals surface area (Å²) in [6, 6.07) is 11.1. The topological polar surface area (TPSA) is 84.2 Å². The van der Waals surface area contributed by atoms with Crippen LogP contribution in [0.15, 0.2) is 58.8 Å². The second-order valence-electron chi connectivity index (χ2n) is 7.46. The number of aliphatic imine (C=N–C) groups is 1. The highest BCUT2D eigenvalue weighted by Gasteiger charge is 2.34. The number of aryl methyl sites for hydroxylation is 2. The summed E-state index contributed by atoms with van der Waals surface area (Å²) in [6.45, 7) is 6.53. The number of fused-ring (bicyclic) bond motifs is 1. The molecule has 2 aliphatic rings. The molecule has 1 amide bonds. The zero-order chi connectivity index (χ0) is 22.8. The smallest absolute Gasteiger partial charge is 0.282 e. The molecule has 8 heteroatoms. The summed E-state index contributed by atoms with van der Waals surface area (Å²) >= 11 is 6.36. The van der Waals surface area contributed by atoms with Crippen LogP contribution in [-0.4, -0.2) is 35.9 Å². The summed E-state index contributed by atoms with van der Waals surface area (Å²) in [5, 5.41) is 9.88. The van der Waals surface area contributed by atoms with Gasteiger partial charge in [-0.15, -0.1) is 5.06 Å². The van der Waals surface area contributed by atoms with Crippen LogP contribution >= 0.6 is 11.6 Å². The van der Waals surface area contributed by atoms with Crippen molar-refractivity contribution in [1.82, 2.24) is 5.06 Å². The van der Waals surface area contributed by atoms with Gasteiger partial charge in [-0.05, 0) is 67.8 Å². The van der Waals surface area contributed by atoms with Crippen molar-refractivity contribution in [2.24, 2.45) is 4.99 Å². The summed E-state index contributed by atoms with van der Waals surface area (Å²) in [6.07, 6.45) is 3.16. The maximum absolute atomic E-state index is 12.4. The SMILES string of the molecule is CC1=CC2=NC(=O)/C(=C\c3ccc(OCCOc4ccc(C)c(C)c4)c(Cl)c3)C(=N)N2O1. The van der Waals surface area contributed by atoms with Gasteiger partial charge < -0.3 is 14.3 Å². The molecule has 0 saturated carbocycles. The maximum atomic E-state index is 12.4. The van der Waals surface area contributed by atoms with Crippen LogP contribution in [0.5, 0.6) is 11.5 Å². The summed E-state index contributed by atoms with van der Waals surface area (Å²) in [5.74, 6) is 1.59. The van der Waals surface area contributed by atoms with E-state index in [-0.39, 0.29) is 11.4 Å². The fraction of sp³-hybridized carbons (Fsp3) is 0.208. The van der Waals surface area contributed by atoms with Gasteiger partial charge >= 0.3 is 0 Å². The van der Waals surface area contributed by atoms with Crippen LogP contribution in [0.3, 0.4) is 0 Å². The van der Waals surface area contributed by atoms with E-state index in [1.165, 1.54) is 16.2 Å². The van der Waals surface area contributed by atoms with Crippen molar-refractivity contribution in [3.63, 3.8) is 0 Å². The second kappa shape index (κ2) is 8.88. The van der Waals surface area contributed by atoms with Crippen LogP contribution in [0, 0.1) is 19.3 Å². The number of ether oxygens (including phenoxy) is 2. The normalized spacial score (nSPS) is 16.5. The number of carbonyl (C=O) groups excluding carboxylic acids is 1. The van der Waals surface area contributed by atoms with Gasteiger partial charge in [0.05, 0.1) is 10.6 Å². The number of hydrogen-bond acceptors (Lipinski definition) is 5. The molecule has 0 saturated heterocycles. The largest absolute Gasteiger partial charge is 0.490 e. The van der Waals surface area contributed by atoms with Crippen molar-refractivity contribution >= 4 is 35.3 Å². The summed E-state index contributed by atoms with van der Waals surface area (Å²) < 4.78 is 11.4. The Bertz CT molecular complexity index is 1200. The summed E-state index contributed by atoms with van der Waals surface area (Å²) in [7, 11) is 0. The molecular formula is C24H22ClN3O4. The molecule has 2 aliphatic heterocycles. The van der Waals surface area contributed by atoms with Gasteiger partial charge in [0, 0.05) is 6.08 Å². The van der Waals surface area contributed by atoms with Crippen LogP contribution in [0.1, 0.15) is 23.6 Å². The number of halogens is 1. The monoisotopic (exact) mass is 451 g/mol. The molecule has 7 nitrogen and oxygen atoms in total. The molecule has 0 radical (unpaired) electrons. The molecule has 164 valence electrons. The second-order valence-corrected chi connectivity index (χ2v) is 7.86. The number of benzene rings is 2. The zero-order valence-corrected chi connectivity index (χ0v) is 18.7. The Labute approximate surface area is 191 Å². The number of amidine groups is 2. The van der Waals surface area contributed by atoms with E-state index in [1.54, 1.807) is 37.3 Å². The van der Waals surface area contributed by atoms with E-state index in [0.29, 0.717) is 41.1 Å². The first-order valence-corrected chi connectivity index (χ1v) is 10.4. The average Bonchev–Trinajstić information content (AvgIpc) is 3.12. The van der Waals surface area contributed by atoms with E-state index < -0.39 is 5.91 Å². The molecule has 0 spiro atoms. The van der Waals surface area contributed by atoms with Gasteiger partial charge in [0.2, 0.25) is 0 Å². The third kappa shape index (κ3) is 4.53. The molecule has 2 aromatic carbocycles. The first-order valence-electron chi connectivity index (χ1n) is 10.0. The number of hydroxylamine groups is 2. The minimum Gasteiger partial charge on any atom is -0.490 e. The lowest BCUT2D eigenvalue weighted by molar-refractivity contribution is -0.114. The van der Waals surface area contributed by atoms with Gasteiger partial charge in [-0.1, -0.05) is 23.7 Å². The van der Waals surface area contributed by atoms with E-state index in [4.69, 9.17) is 31.3 Å². The number of rotatable bonds is 6. The lowest BCUT2D eigenvalue weighted by Crippen LogP contribution is -2.38. The zero-order valence-electron chi connectivity index (χ0n) is 17.9. The number of allylic oxidation sites excluding steroid dienone is 1. The first-order chi connectivity index (χ1) is 15.3. The van der Waals surface area contributed by atoms with Gasteiger partial charge in [-0.3, -0.25) is 10.2 Å². The Kier molecular flexibility index (Phi) is 6.01. The standard InChI is InChI=1S/C24H22ClN3O4/c1-14-4-6-18(10-15(14)2)30-8-9-31-21-7-5-17(13-20(21)25)12-19-23(26)28-22(27-24(19)29)11-16(3)32-28/h4-7,10-13,26H,8-9H2,1-3H3/b19-12-,26-23?. The van der Waals surface area contributed by atoms with E-state index in [9.17, 15) is 4.79 Å². The van der Waals surface area contributed by atoms with E-state index >= 15 is 0 Å². The lowest BCUT2D eigenvalue weighted by atomic mass is 10.1. The molecule has 1 N–H and O–H groups in total. The molecule has 2 aromatic rings. The Hall–Kier alpha value is -3.58. The molecule has 0 unspecified atom stereocenters. The quantitative estimate of drug-likeness (QED) is 0.500. The Morgan fingerprint density at radius 3 is 2.62 bits per heavy atom. The number of nitrogens with zero attached hydrogens (tertiary/aromatic N) is 2. The molecule has 32 heavy (non-hydrogen) atoms. The van der Waals surface area contributed by atoms with Crippen molar-refractivity contribution in [2.75, 3.05) is 13.2 Å². The molecule has 0 aliphatic carbocycles. The minimum absolute atomic E-state index is 0.0759. The minimum atomic E-state index is -0.504. The number of carbonyl (C=O) groups is 1. The van der Waals surface area contributed by atoms with Gasteiger partial charge in [0.15, 0.2) is 11.7 Å². The third-order valence-electron chi connectivity index (χ3n) is 5.04. The number of nitrogens with one attached hydrogen (secondary N) is 1. The highest BCUT2D eigenvalue weighted by atomic mass is 35.5. The van der Waals surface area contributed by atoms with Crippen LogP contribution < -0.4 is 9.47 Å². The van der Waals surface area contributed by atoms with E-state index in [0.717, 1.165) is 5.75 Å². The first kappa shape index (κ1) is 21.6. The van der Waals surface area contributed by atoms with Gasteiger partial charge in [0.1, 0.15) is 30.5 Å². The molecule has 0 fully saturated rings. The molecule has 0 bridgehead atoms. The Balaban J connectivity index is 1.38. The van der Waals surface area contributed by atoms with Crippen molar-refractivity contribution in [1.29, 1.82) is 5.41 Å². The van der Waals surface area contributed by atoms with Crippen LogP contribution in [0.4, 0.5) is 0 Å². The Morgan fingerprint density at radius 2 is 1.88 bits per heavy atom. The van der Waals surface area contributed by atoms with Gasteiger partial charge in [0.25, 0.3) is 5.91 Å². The van der Waals surface area contributed by atoms with E-state index in [1.807, 2.05) is 25.1 Å². The molecule has 0 aromatic heterocycles. The van der Waals surface area contributed by atoms with Crippen molar-refractivity contribution < 1.29 is 19.1 Å². The summed E-state index contributed by atoms with van der Waals surface area (Å²) in [5.41, 5.74) is 3.14. The average molecular weight is 452 g/mol. The molecular weight excluding hydrogens is 430 g/mol. The number of hydrogen-bond donors (Lipinski definition) is 1. The highest BCUT2D eigenvalue weighted by Crippen LogP contribution is 2.28. The van der Waals surface area contributed by atoms with Crippen LogP contribution in [0.25, 0.3) is 6.08 Å². The van der Waals surface area contributed by atoms with Crippen molar-refractivity contribution in [3.05, 3.63) is 75.5 Å². The highest BCUT2D eigenvalue weighted by molar-refractivity contribution is 6.33. The fourth-order valence-electron chi connectivity index (χ4n) is 3.21. The summed E-state index contributed by atoms with van der Waals surface area (Å²) in [4.78, 5) is 21.8. The molecule has 2 heterocycles. The maximum Gasteiger partial charge on any atom is 0.282 e. The van der Waals surface area contributed by atoms with E-state index in [2.05, 4.69) is 11.9 Å². The third-order valence-corrected chi connectivity index (χ3v) is 5.33. The van der Waals surface area contributed by atoms with Gasteiger partial charge in [-0.2, -0.15) is 4.99 Å².